The smallest absolute Gasteiger partial charge is 0.317 e. The van der Waals surface area contributed by atoms with Crippen molar-refractivity contribution in [3.63, 3.8) is 0 Å². The highest BCUT2D eigenvalue weighted by atomic mass is 32.2. The molecule has 1 saturated heterocycles. The lowest BCUT2D eigenvalue weighted by molar-refractivity contribution is 0.207. The fourth-order valence-electron chi connectivity index (χ4n) is 3.53. The predicted molar refractivity (Wildman–Crippen MR) is 124 cm³/mol. The number of hydrogen-bond donors (Lipinski definition) is 2. The van der Waals surface area contributed by atoms with Gasteiger partial charge >= 0.3 is 6.03 Å². The van der Waals surface area contributed by atoms with Gasteiger partial charge < -0.3 is 15.5 Å². The summed E-state index contributed by atoms with van der Waals surface area (Å²) in [6, 6.07) is 11.1. The average Bonchev–Trinajstić information content (AvgIpc) is 3.01. The molecule has 0 spiro atoms. The molecule has 168 valence electrons. The molecule has 1 aliphatic rings. The average molecular weight is 446 g/mol. The van der Waals surface area contributed by atoms with Gasteiger partial charge in [-0.1, -0.05) is 25.1 Å². The molecule has 1 aromatic heterocycles. The van der Waals surface area contributed by atoms with E-state index in [1.54, 1.807) is 18.0 Å². The summed E-state index contributed by atoms with van der Waals surface area (Å²) in [5, 5.41) is 6.13. The molecule has 3 rings (SSSR count). The Bertz CT molecular complexity index is 994. The standard InChI is InChI=1S/C22H31N5O3S/c1-17-8-9-21(25-13-17)23-10-5-11-24-22(28)26(3)15-19-6-4-7-20(12-19)27-14-18(2)16-31(27,29)30/h4,6-9,12-13,18H,5,10-11,14-16H2,1-3H3,(H,23,25)(H,24,28). The van der Waals surface area contributed by atoms with Crippen molar-refractivity contribution < 1.29 is 13.2 Å². The molecule has 0 bridgehead atoms. The molecule has 8 nitrogen and oxygen atoms in total. The number of carbonyl (C=O) groups excluding carboxylic acids is 1. The Morgan fingerprint density at radius 1 is 1.26 bits per heavy atom. The van der Waals surface area contributed by atoms with Crippen molar-refractivity contribution in [2.24, 2.45) is 5.92 Å². The zero-order chi connectivity index (χ0) is 22.4. The van der Waals surface area contributed by atoms with Crippen LogP contribution in [0.3, 0.4) is 0 Å². The number of nitrogens with zero attached hydrogens (tertiary/aromatic N) is 3. The summed E-state index contributed by atoms with van der Waals surface area (Å²) >= 11 is 0. The van der Waals surface area contributed by atoms with Gasteiger partial charge in [0.1, 0.15) is 5.82 Å². The third-order valence-electron chi connectivity index (χ3n) is 5.12. The molecule has 1 atom stereocenters. The van der Waals surface area contributed by atoms with Crippen LogP contribution in [0, 0.1) is 12.8 Å². The molecule has 2 amide bonds. The summed E-state index contributed by atoms with van der Waals surface area (Å²) in [6.07, 6.45) is 2.59. The van der Waals surface area contributed by atoms with Crippen LogP contribution in [0.25, 0.3) is 0 Å². The Balaban J connectivity index is 1.45. The Morgan fingerprint density at radius 3 is 2.74 bits per heavy atom. The first-order valence-electron chi connectivity index (χ1n) is 10.5. The van der Waals surface area contributed by atoms with Crippen molar-refractivity contribution in [1.29, 1.82) is 0 Å². The number of pyridine rings is 1. The van der Waals surface area contributed by atoms with Crippen LogP contribution < -0.4 is 14.9 Å². The number of anilines is 2. The molecule has 1 fully saturated rings. The fourth-order valence-corrected chi connectivity index (χ4v) is 5.45. The van der Waals surface area contributed by atoms with E-state index in [-0.39, 0.29) is 17.7 Å². The van der Waals surface area contributed by atoms with Crippen LogP contribution >= 0.6 is 0 Å². The van der Waals surface area contributed by atoms with Crippen molar-refractivity contribution in [2.45, 2.75) is 26.8 Å². The van der Waals surface area contributed by atoms with Crippen LogP contribution in [0.4, 0.5) is 16.3 Å². The largest absolute Gasteiger partial charge is 0.370 e. The van der Waals surface area contributed by atoms with Gasteiger partial charge in [-0.05, 0) is 48.6 Å². The summed E-state index contributed by atoms with van der Waals surface area (Å²) in [5.74, 6) is 1.11. The lowest BCUT2D eigenvalue weighted by Crippen LogP contribution is -2.37. The zero-order valence-electron chi connectivity index (χ0n) is 18.3. The van der Waals surface area contributed by atoms with Crippen molar-refractivity contribution in [3.8, 4) is 0 Å². The van der Waals surface area contributed by atoms with E-state index in [9.17, 15) is 13.2 Å². The van der Waals surface area contributed by atoms with E-state index in [1.165, 1.54) is 4.31 Å². The highest BCUT2D eigenvalue weighted by Crippen LogP contribution is 2.27. The van der Waals surface area contributed by atoms with Crippen LogP contribution in [0.5, 0.6) is 0 Å². The van der Waals surface area contributed by atoms with E-state index in [4.69, 9.17) is 0 Å². The van der Waals surface area contributed by atoms with Gasteiger partial charge in [0.05, 0.1) is 11.4 Å². The minimum absolute atomic E-state index is 0.110. The highest BCUT2D eigenvalue weighted by molar-refractivity contribution is 7.93. The number of benzene rings is 1. The number of aryl methyl sites for hydroxylation is 1. The first kappa shape index (κ1) is 22.9. The minimum atomic E-state index is -3.26. The molecular weight excluding hydrogens is 414 g/mol. The summed E-state index contributed by atoms with van der Waals surface area (Å²) in [5.41, 5.74) is 2.66. The quantitative estimate of drug-likeness (QED) is 0.610. The molecule has 9 heteroatoms. The highest BCUT2D eigenvalue weighted by Gasteiger charge is 2.33. The third-order valence-corrected chi connectivity index (χ3v) is 7.14. The van der Waals surface area contributed by atoms with E-state index in [2.05, 4.69) is 15.6 Å². The molecule has 0 saturated carbocycles. The van der Waals surface area contributed by atoms with Gasteiger partial charge in [-0.2, -0.15) is 0 Å². The van der Waals surface area contributed by atoms with Crippen LogP contribution in [0.2, 0.25) is 0 Å². The number of sulfonamides is 1. The molecule has 1 unspecified atom stereocenters. The lowest BCUT2D eigenvalue weighted by Gasteiger charge is -2.21. The first-order valence-corrected chi connectivity index (χ1v) is 12.1. The van der Waals surface area contributed by atoms with Crippen molar-refractivity contribution in [3.05, 3.63) is 53.7 Å². The fraction of sp³-hybridized carbons (Fsp3) is 0.455. The van der Waals surface area contributed by atoms with Crippen LogP contribution in [0.1, 0.15) is 24.5 Å². The summed E-state index contributed by atoms with van der Waals surface area (Å²) in [4.78, 5) is 18.3. The van der Waals surface area contributed by atoms with Crippen LogP contribution in [-0.4, -0.2) is 56.8 Å². The van der Waals surface area contributed by atoms with Gasteiger partial charge in [-0.3, -0.25) is 4.31 Å². The maximum absolute atomic E-state index is 12.4. The van der Waals surface area contributed by atoms with E-state index in [0.717, 1.165) is 23.4 Å². The number of nitrogens with one attached hydrogen (secondary N) is 2. The normalized spacial score (nSPS) is 17.4. The Labute approximate surface area is 184 Å². The number of hydrogen-bond acceptors (Lipinski definition) is 5. The van der Waals surface area contributed by atoms with E-state index in [1.807, 2.05) is 50.4 Å². The van der Waals surface area contributed by atoms with Crippen LogP contribution in [-0.2, 0) is 16.6 Å². The summed E-state index contributed by atoms with van der Waals surface area (Å²) in [7, 11) is -1.53. The number of rotatable bonds is 8. The van der Waals surface area contributed by atoms with Crippen molar-refractivity contribution in [1.82, 2.24) is 15.2 Å². The molecule has 2 N–H and O–H groups in total. The van der Waals surface area contributed by atoms with Gasteiger partial charge in [-0.15, -0.1) is 0 Å². The molecule has 0 aliphatic carbocycles. The predicted octanol–water partition coefficient (Wildman–Crippen LogP) is 2.82. The molecule has 1 aromatic carbocycles. The van der Waals surface area contributed by atoms with E-state index in [0.29, 0.717) is 31.9 Å². The van der Waals surface area contributed by atoms with Crippen molar-refractivity contribution in [2.75, 3.05) is 42.1 Å². The second-order valence-electron chi connectivity index (χ2n) is 8.17. The van der Waals surface area contributed by atoms with E-state index >= 15 is 0 Å². The van der Waals surface area contributed by atoms with Gasteiger partial charge in [0, 0.05) is 39.4 Å². The van der Waals surface area contributed by atoms with Gasteiger partial charge in [-0.25, -0.2) is 18.2 Å². The molecule has 2 aromatic rings. The second kappa shape index (κ2) is 10.00. The van der Waals surface area contributed by atoms with E-state index < -0.39 is 10.0 Å². The lowest BCUT2D eigenvalue weighted by atomic mass is 10.1. The topological polar surface area (TPSA) is 94.6 Å². The number of urea groups is 1. The van der Waals surface area contributed by atoms with Gasteiger partial charge in [0.15, 0.2) is 0 Å². The summed E-state index contributed by atoms with van der Waals surface area (Å²) in [6.45, 7) is 6.08. The second-order valence-corrected chi connectivity index (χ2v) is 10.1. The maximum Gasteiger partial charge on any atom is 0.317 e. The summed E-state index contributed by atoms with van der Waals surface area (Å²) < 4.78 is 26.1. The first-order chi connectivity index (χ1) is 14.7. The Hall–Kier alpha value is -2.81. The SMILES string of the molecule is Cc1ccc(NCCCNC(=O)N(C)Cc2cccc(N3CC(C)CS3(=O)=O)c2)nc1. The van der Waals surface area contributed by atoms with Gasteiger partial charge in [0.25, 0.3) is 0 Å². The molecular formula is C22H31N5O3S. The third kappa shape index (κ3) is 6.33. The number of aromatic nitrogens is 1. The zero-order valence-corrected chi connectivity index (χ0v) is 19.2. The van der Waals surface area contributed by atoms with Gasteiger partial charge in [0.2, 0.25) is 10.0 Å². The van der Waals surface area contributed by atoms with Crippen molar-refractivity contribution >= 4 is 27.6 Å². The maximum atomic E-state index is 12.4. The Morgan fingerprint density at radius 2 is 2.06 bits per heavy atom. The molecule has 2 heterocycles. The Kier molecular flexibility index (Phi) is 7.37. The number of amides is 2. The van der Waals surface area contributed by atoms with Crippen LogP contribution in [0.15, 0.2) is 42.6 Å². The molecule has 31 heavy (non-hydrogen) atoms. The molecule has 1 aliphatic heterocycles. The number of carbonyl (C=O) groups is 1. The minimum Gasteiger partial charge on any atom is -0.370 e. The monoisotopic (exact) mass is 445 g/mol. The molecule has 0 radical (unpaired) electrons.